The van der Waals surface area contributed by atoms with Crippen molar-refractivity contribution in [2.24, 2.45) is 0 Å². The zero-order valence-corrected chi connectivity index (χ0v) is 12.5. The van der Waals surface area contributed by atoms with E-state index in [-0.39, 0.29) is 0 Å². The van der Waals surface area contributed by atoms with Crippen LogP contribution in [0.3, 0.4) is 0 Å². The number of likely N-dealkylation sites (tertiary alicyclic amines) is 1. The molecule has 20 heavy (non-hydrogen) atoms. The van der Waals surface area contributed by atoms with Gasteiger partial charge in [-0.15, -0.1) is 0 Å². The molecule has 1 unspecified atom stereocenters. The minimum absolute atomic E-state index is 0.304. The first-order valence-corrected chi connectivity index (χ1v) is 7.18. The molecule has 0 spiro atoms. The van der Waals surface area contributed by atoms with Crippen molar-refractivity contribution in [2.45, 2.75) is 32.7 Å². The molecule has 0 saturated carbocycles. The molecule has 110 valence electrons. The van der Waals surface area contributed by atoms with Gasteiger partial charge >= 0.3 is 5.97 Å². The van der Waals surface area contributed by atoms with Gasteiger partial charge in [0.15, 0.2) is 0 Å². The zero-order valence-electron chi connectivity index (χ0n) is 12.5. The van der Waals surface area contributed by atoms with Crippen LogP contribution in [-0.2, 0) is 0 Å². The Morgan fingerprint density at radius 2 is 2.30 bits per heavy atom. The van der Waals surface area contributed by atoms with Crippen LogP contribution in [0.1, 0.15) is 35.8 Å². The molecule has 2 rings (SSSR count). The lowest BCUT2D eigenvalue weighted by molar-refractivity contribution is 0.0696. The van der Waals surface area contributed by atoms with Crippen LogP contribution < -0.4 is 4.90 Å². The van der Waals surface area contributed by atoms with Crippen molar-refractivity contribution < 1.29 is 9.90 Å². The summed E-state index contributed by atoms with van der Waals surface area (Å²) < 4.78 is 0. The van der Waals surface area contributed by atoms with Crippen LogP contribution in [-0.4, -0.2) is 53.7 Å². The number of rotatable bonds is 5. The highest BCUT2D eigenvalue weighted by molar-refractivity contribution is 5.88. The predicted molar refractivity (Wildman–Crippen MR) is 79.5 cm³/mol. The number of nitrogens with zero attached hydrogens (tertiary/aromatic N) is 3. The van der Waals surface area contributed by atoms with Gasteiger partial charge in [-0.1, -0.05) is 6.92 Å². The van der Waals surface area contributed by atoms with Crippen LogP contribution in [0, 0.1) is 6.92 Å². The van der Waals surface area contributed by atoms with E-state index in [9.17, 15) is 4.79 Å². The quantitative estimate of drug-likeness (QED) is 0.892. The first kappa shape index (κ1) is 14.8. The molecule has 0 aliphatic carbocycles. The van der Waals surface area contributed by atoms with Crippen molar-refractivity contribution in [3.8, 4) is 0 Å². The van der Waals surface area contributed by atoms with Crippen LogP contribution in [0.4, 0.5) is 5.82 Å². The van der Waals surface area contributed by atoms with E-state index in [1.807, 2.05) is 14.0 Å². The molecule has 1 aliphatic rings. The fourth-order valence-electron chi connectivity index (χ4n) is 2.90. The monoisotopic (exact) mass is 277 g/mol. The Hall–Kier alpha value is -1.62. The molecule has 1 aromatic rings. The van der Waals surface area contributed by atoms with Crippen LogP contribution in [0.2, 0.25) is 0 Å². The third-order valence-electron chi connectivity index (χ3n) is 3.97. The van der Waals surface area contributed by atoms with Crippen molar-refractivity contribution in [3.63, 3.8) is 0 Å². The normalized spacial score (nSPS) is 19.2. The largest absolute Gasteiger partial charge is 0.478 e. The van der Waals surface area contributed by atoms with Crippen molar-refractivity contribution >= 4 is 11.8 Å². The fourth-order valence-corrected chi connectivity index (χ4v) is 2.90. The Morgan fingerprint density at radius 1 is 1.55 bits per heavy atom. The number of likely N-dealkylation sites (N-methyl/N-ethyl adjacent to an activating group) is 2. The van der Waals surface area contributed by atoms with E-state index < -0.39 is 5.97 Å². The van der Waals surface area contributed by atoms with Crippen LogP contribution in [0.25, 0.3) is 0 Å². The van der Waals surface area contributed by atoms with Gasteiger partial charge in [-0.05, 0) is 45.0 Å². The first-order chi connectivity index (χ1) is 9.51. The highest BCUT2D eigenvalue weighted by Gasteiger charge is 2.24. The third kappa shape index (κ3) is 3.28. The molecular weight excluding hydrogens is 254 g/mol. The molecule has 5 nitrogen and oxygen atoms in total. The van der Waals surface area contributed by atoms with Gasteiger partial charge in [-0.25, -0.2) is 9.78 Å². The van der Waals surface area contributed by atoms with Crippen molar-refractivity contribution in [3.05, 3.63) is 23.4 Å². The summed E-state index contributed by atoms with van der Waals surface area (Å²) in [5, 5.41) is 9.13. The number of aromatic nitrogens is 1. The van der Waals surface area contributed by atoms with E-state index in [1.54, 1.807) is 12.1 Å². The topological polar surface area (TPSA) is 56.7 Å². The Balaban J connectivity index is 2.12. The van der Waals surface area contributed by atoms with Crippen molar-refractivity contribution in [2.75, 3.05) is 31.6 Å². The molecule has 1 fully saturated rings. The minimum atomic E-state index is -0.902. The number of carbonyl (C=O) groups is 1. The highest BCUT2D eigenvalue weighted by atomic mass is 16.4. The lowest BCUT2D eigenvalue weighted by Crippen LogP contribution is -2.39. The molecule has 0 bridgehead atoms. The number of aryl methyl sites for hydroxylation is 1. The molecule has 1 aliphatic heterocycles. The number of anilines is 1. The number of pyridine rings is 1. The summed E-state index contributed by atoms with van der Waals surface area (Å²) in [7, 11) is 1.99. The second-order valence-corrected chi connectivity index (χ2v) is 5.47. The van der Waals surface area contributed by atoms with E-state index in [1.165, 1.54) is 12.8 Å². The van der Waals surface area contributed by atoms with Crippen LogP contribution in [0.5, 0.6) is 0 Å². The zero-order chi connectivity index (χ0) is 14.7. The summed E-state index contributed by atoms with van der Waals surface area (Å²) in [5.41, 5.74) is 1.05. The molecular formula is C15H23N3O2. The van der Waals surface area contributed by atoms with Gasteiger partial charge < -0.3 is 10.0 Å². The van der Waals surface area contributed by atoms with Gasteiger partial charge in [-0.2, -0.15) is 0 Å². The maximum Gasteiger partial charge on any atom is 0.335 e. The first-order valence-electron chi connectivity index (χ1n) is 7.18. The summed E-state index contributed by atoms with van der Waals surface area (Å²) in [4.78, 5) is 20.1. The van der Waals surface area contributed by atoms with Gasteiger partial charge in [0.2, 0.25) is 0 Å². The standard InChI is InChI=1S/C15H23N3O2/c1-4-18-7-5-6-13(18)10-17(3)14-9-12(15(19)20)8-11(2)16-14/h8-9,13H,4-7,10H2,1-3H3,(H,19,20). The Kier molecular flexibility index (Phi) is 4.60. The maximum absolute atomic E-state index is 11.1. The van der Waals surface area contributed by atoms with Crippen molar-refractivity contribution in [1.29, 1.82) is 0 Å². The van der Waals surface area contributed by atoms with E-state index in [4.69, 9.17) is 5.11 Å². The van der Waals surface area contributed by atoms with Gasteiger partial charge in [-0.3, -0.25) is 4.90 Å². The molecule has 2 heterocycles. The van der Waals surface area contributed by atoms with E-state index in [0.717, 1.165) is 31.1 Å². The van der Waals surface area contributed by atoms with Gasteiger partial charge in [0.1, 0.15) is 5.82 Å². The lowest BCUT2D eigenvalue weighted by Gasteiger charge is -2.28. The van der Waals surface area contributed by atoms with E-state index in [0.29, 0.717) is 11.6 Å². The molecule has 5 heteroatoms. The Labute approximate surface area is 120 Å². The molecule has 1 saturated heterocycles. The second kappa shape index (κ2) is 6.22. The van der Waals surface area contributed by atoms with Crippen LogP contribution >= 0.6 is 0 Å². The SMILES string of the molecule is CCN1CCCC1CN(C)c1cc(C(=O)O)cc(C)n1. The number of hydrogen-bond acceptors (Lipinski definition) is 4. The number of hydrogen-bond donors (Lipinski definition) is 1. The smallest absolute Gasteiger partial charge is 0.335 e. The second-order valence-electron chi connectivity index (χ2n) is 5.47. The summed E-state index contributed by atoms with van der Waals surface area (Å²) in [6.07, 6.45) is 2.45. The molecule has 1 aromatic heterocycles. The molecule has 0 amide bonds. The molecule has 1 N–H and O–H groups in total. The summed E-state index contributed by atoms with van der Waals surface area (Å²) in [6, 6.07) is 3.80. The minimum Gasteiger partial charge on any atom is -0.478 e. The molecule has 0 radical (unpaired) electrons. The van der Waals surface area contributed by atoms with Gasteiger partial charge in [0.25, 0.3) is 0 Å². The van der Waals surface area contributed by atoms with Gasteiger partial charge in [0.05, 0.1) is 5.56 Å². The maximum atomic E-state index is 11.1. The fraction of sp³-hybridized carbons (Fsp3) is 0.600. The Bertz CT molecular complexity index is 490. The lowest BCUT2D eigenvalue weighted by atomic mass is 10.2. The van der Waals surface area contributed by atoms with E-state index >= 15 is 0 Å². The average Bonchev–Trinajstić information content (AvgIpc) is 2.85. The van der Waals surface area contributed by atoms with Gasteiger partial charge in [0, 0.05) is 25.3 Å². The summed E-state index contributed by atoms with van der Waals surface area (Å²) in [5.74, 6) is -0.161. The summed E-state index contributed by atoms with van der Waals surface area (Å²) in [6.45, 7) is 7.14. The predicted octanol–water partition coefficient (Wildman–Crippen LogP) is 2.01. The molecule has 1 atom stereocenters. The molecule has 0 aromatic carbocycles. The average molecular weight is 277 g/mol. The number of carboxylic acids is 1. The van der Waals surface area contributed by atoms with E-state index in [2.05, 4.69) is 21.7 Å². The summed E-state index contributed by atoms with van der Waals surface area (Å²) >= 11 is 0. The van der Waals surface area contributed by atoms with Crippen molar-refractivity contribution in [1.82, 2.24) is 9.88 Å². The highest BCUT2D eigenvalue weighted by Crippen LogP contribution is 2.20. The number of aromatic carboxylic acids is 1. The third-order valence-corrected chi connectivity index (χ3v) is 3.97. The number of carboxylic acid groups (broad SMARTS) is 1. The Morgan fingerprint density at radius 3 is 2.95 bits per heavy atom. The van der Waals surface area contributed by atoms with Crippen LogP contribution in [0.15, 0.2) is 12.1 Å².